The van der Waals surface area contributed by atoms with Crippen LogP contribution in [0.1, 0.15) is 37.4 Å². The number of para-hydroxylation sites is 1. The topological polar surface area (TPSA) is 137 Å². The minimum absolute atomic E-state index is 0.0135. The molecule has 0 saturated heterocycles. The van der Waals surface area contributed by atoms with Crippen LogP contribution in [0.15, 0.2) is 60.7 Å². The maximum Gasteiger partial charge on any atom is 0.586 e. The first kappa shape index (κ1) is 29.9. The van der Waals surface area contributed by atoms with Gasteiger partial charge in [-0.15, -0.1) is 8.78 Å². The first-order valence-corrected chi connectivity index (χ1v) is 12.6. The summed E-state index contributed by atoms with van der Waals surface area (Å²) in [6, 6.07) is 11.1. The zero-order valence-corrected chi connectivity index (χ0v) is 22.6. The second kappa shape index (κ2) is 10.6. The SMILES string of the molecule is Cc1ccc(O)c(C(=O)Nc2cc(O)c(-c3cc(O)c(C(=O)Nc4cccc5c4OC(F)(F)O5)cc3C)c(C(F)(F)F)c2)c1. The Morgan fingerprint density at radius 2 is 1.48 bits per heavy atom. The fourth-order valence-corrected chi connectivity index (χ4v) is 4.64. The van der Waals surface area contributed by atoms with Gasteiger partial charge in [0, 0.05) is 17.3 Å². The minimum Gasteiger partial charge on any atom is -0.507 e. The van der Waals surface area contributed by atoms with Crippen LogP contribution < -0.4 is 20.1 Å². The molecule has 0 fully saturated rings. The molecule has 0 unspecified atom stereocenters. The molecule has 4 aromatic rings. The van der Waals surface area contributed by atoms with Gasteiger partial charge < -0.3 is 35.4 Å². The summed E-state index contributed by atoms with van der Waals surface area (Å²) in [5, 5.41) is 35.9. The minimum atomic E-state index is -5.06. The average Bonchev–Trinajstić information content (AvgIpc) is 3.25. The van der Waals surface area contributed by atoms with Gasteiger partial charge in [0.05, 0.1) is 22.4 Å². The Labute approximate surface area is 245 Å². The Hall–Kier alpha value is -5.53. The molecule has 0 atom stereocenters. The van der Waals surface area contributed by atoms with Crippen LogP contribution in [-0.4, -0.2) is 33.4 Å². The van der Waals surface area contributed by atoms with Crippen LogP contribution in [0.5, 0.6) is 28.7 Å². The van der Waals surface area contributed by atoms with E-state index in [-0.39, 0.29) is 28.1 Å². The van der Waals surface area contributed by atoms with Gasteiger partial charge in [0.2, 0.25) is 0 Å². The van der Waals surface area contributed by atoms with Crippen molar-refractivity contribution < 1.29 is 56.3 Å². The molecule has 0 bridgehead atoms. The average molecular weight is 616 g/mol. The molecule has 1 aliphatic heterocycles. The van der Waals surface area contributed by atoms with Gasteiger partial charge >= 0.3 is 12.5 Å². The highest BCUT2D eigenvalue weighted by atomic mass is 19.4. The van der Waals surface area contributed by atoms with Gasteiger partial charge in [-0.1, -0.05) is 17.7 Å². The third-order valence-electron chi connectivity index (χ3n) is 6.61. The van der Waals surface area contributed by atoms with Gasteiger partial charge in [0.15, 0.2) is 11.5 Å². The summed E-state index contributed by atoms with van der Waals surface area (Å²) in [4.78, 5) is 25.6. The summed E-state index contributed by atoms with van der Waals surface area (Å²) in [5.41, 5.74) is -3.09. The number of phenols is 3. The Balaban J connectivity index is 1.49. The number of carbonyl (C=O) groups is 2. The van der Waals surface area contributed by atoms with Crippen molar-refractivity contribution in [2.75, 3.05) is 10.6 Å². The van der Waals surface area contributed by atoms with E-state index in [4.69, 9.17) is 0 Å². The van der Waals surface area contributed by atoms with Gasteiger partial charge in [-0.05, 0) is 67.4 Å². The lowest BCUT2D eigenvalue weighted by atomic mass is 9.92. The summed E-state index contributed by atoms with van der Waals surface area (Å²) in [5.74, 6) is -4.88. The summed E-state index contributed by atoms with van der Waals surface area (Å²) >= 11 is 0. The molecule has 9 nitrogen and oxygen atoms in total. The van der Waals surface area contributed by atoms with E-state index in [1.54, 1.807) is 6.92 Å². The number of carbonyl (C=O) groups excluding carboxylic acids is 2. The molecule has 4 aromatic carbocycles. The molecule has 14 heteroatoms. The van der Waals surface area contributed by atoms with Crippen molar-refractivity contribution in [1.82, 2.24) is 0 Å². The number of anilines is 2. The number of hydrogen-bond acceptors (Lipinski definition) is 7. The number of aryl methyl sites for hydroxylation is 2. The third kappa shape index (κ3) is 5.73. The fourth-order valence-electron chi connectivity index (χ4n) is 4.64. The monoisotopic (exact) mass is 616 g/mol. The smallest absolute Gasteiger partial charge is 0.507 e. The van der Waals surface area contributed by atoms with Crippen molar-refractivity contribution in [3.8, 4) is 39.9 Å². The van der Waals surface area contributed by atoms with Crippen LogP contribution >= 0.6 is 0 Å². The second-order valence-corrected chi connectivity index (χ2v) is 9.83. The van der Waals surface area contributed by atoms with Crippen LogP contribution in [0.2, 0.25) is 0 Å². The first-order chi connectivity index (χ1) is 20.5. The fraction of sp³-hybridized carbons (Fsp3) is 0.133. The Kier molecular flexibility index (Phi) is 7.23. The normalized spacial score (nSPS) is 13.4. The quantitative estimate of drug-likeness (QED) is 0.153. The summed E-state index contributed by atoms with van der Waals surface area (Å²) in [6.07, 6.45) is -9.03. The summed E-state index contributed by atoms with van der Waals surface area (Å²) < 4.78 is 78.5. The third-order valence-corrected chi connectivity index (χ3v) is 6.61. The molecule has 1 heterocycles. The molecule has 0 aliphatic carbocycles. The number of rotatable bonds is 5. The van der Waals surface area contributed by atoms with Gasteiger partial charge in [-0.25, -0.2) is 0 Å². The van der Waals surface area contributed by atoms with E-state index in [0.717, 1.165) is 18.2 Å². The number of fused-ring (bicyclic) bond motifs is 1. The highest BCUT2D eigenvalue weighted by Crippen LogP contribution is 2.47. The predicted molar refractivity (Wildman–Crippen MR) is 146 cm³/mol. The van der Waals surface area contributed by atoms with E-state index in [1.165, 1.54) is 43.3 Å². The van der Waals surface area contributed by atoms with E-state index in [2.05, 4.69) is 20.1 Å². The van der Waals surface area contributed by atoms with Crippen LogP contribution in [0.4, 0.5) is 33.3 Å². The number of ether oxygens (including phenoxy) is 2. The zero-order chi connectivity index (χ0) is 32.1. The van der Waals surface area contributed by atoms with Gasteiger partial charge in [-0.3, -0.25) is 9.59 Å². The summed E-state index contributed by atoms with van der Waals surface area (Å²) in [7, 11) is 0. The van der Waals surface area contributed by atoms with Crippen molar-refractivity contribution in [1.29, 1.82) is 0 Å². The molecule has 5 rings (SSSR count). The Bertz CT molecular complexity index is 1840. The molecule has 228 valence electrons. The molecule has 0 radical (unpaired) electrons. The van der Waals surface area contributed by atoms with E-state index < -0.39 is 69.7 Å². The predicted octanol–water partition coefficient (Wildman–Crippen LogP) is 6.93. The lowest BCUT2D eigenvalue weighted by molar-refractivity contribution is -0.286. The lowest BCUT2D eigenvalue weighted by Crippen LogP contribution is -2.26. The van der Waals surface area contributed by atoms with Gasteiger partial charge in [-0.2, -0.15) is 13.2 Å². The number of halogens is 5. The van der Waals surface area contributed by atoms with Crippen molar-refractivity contribution >= 4 is 23.2 Å². The van der Waals surface area contributed by atoms with Crippen LogP contribution in [0, 0.1) is 13.8 Å². The highest BCUT2D eigenvalue weighted by molar-refractivity contribution is 6.08. The number of aromatic hydroxyl groups is 3. The zero-order valence-electron chi connectivity index (χ0n) is 22.6. The van der Waals surface area contributed by atoms with Gasteiger partial charge in [0.25, 0.3) is 11.8 Å². The Morgan fingerprint density at radius 3 is 2.18 bits per heavy atom. The van der Waals surface area contributed by atoms with E-state index in [9.17, 15) is 46.9 Å². The van der Waals surface area contributed by atoms with Crippen LogP contribution in [-0.2, 0) is 6.18 Å². The van der Waals surface area contributed by atoms with E-state index >= 15 is 0 Å². The molecule has 0 saturated carbocycles. The molecule has 1 aliphatic rings. The number of nitrogens with one attached hydrogen (secondary N) is 2. The van der Waals surface area contributed by atoms with Crippen molar-refractivity contribution in [2.45, 2.75) is 26.3 Å². The largest absolute Gasteiger partial charge is 0.586 e. The van der Waals surface area contributed by atoms with Crippen molar-refractivity contribution in [3.05, 3.63) is 88.5 Å². The molecular weight excluding hydrogens is 595 g/mol. The van der Waals surface area contributed by atoms with Crippen molar-refractivity contribution in [2.24, 2.45) is 0 Å². The number of benzene rings is 4. The summed E-state index contributed by atoms with van der Waals surface area (Å²) in [6.45, 7) is 2.96. The van der Waals surface area contributed by atoms with Crippen molar-refractivity contribution in [3.63, 3.8) is 0 Å². The van der Waals surface area contributed by atoms with Gasteiger partial charge in [0.1, 0.15) is 17.2 Å². The molecule has 44 heavy (non-hydrogen) atoms. The molecule has 0 spiro atoms. The second-order valence-electron chi connectivity index (χ2n) is 9.83. The van der Waals surface area contributed by atoms with Crippen LogP contribution in [0.25, 0.3) is 11.1 Å². The number of amides is 2. The molecular formula is C30H21F5N2O7. The number of phenolic OH excluding ortho intramolecular Hbond substituents is 3. The maximum atomic E-state index is 14.3. The lowest BCUT2D eigenvalue weighted by Gasteiger charge is -2.19. The Morgan fingerprint density at radius 1 is 0.795 bits per heavy atom. The number of hydrogen-bond donors (Lipinski definition) is 5. The standard InChI is InChI=1S/C30H21F5N2O7/c1-13-6-7-21(38)17(8-13)27(41)36-15-10-19(29(31,32)33)25(23(40)11-15)16-12-22(39)18(9-14(16)2)28(42)37-20-4-3-5-24-26(20)44-30(34,35)43-24/h3-12,38-40H,1-2H3,(H,36,41)(H,37,42). The van der Waals surface area contributed by atoms with Crippen LogP contribution in [0.3, 0.4) is 0 Å². The highest BCUT2D eigenvalue weighted by Gasteiger charge is 2.45. The van der Waals surface area contributed by atoms with E-state index in [1.807, 2.05) is 0 Å². The molecule has 0 aromatic heterocycles. The van der Waals surface area contributed by atoms with E-state index in [0.29, 0.717) is 11.6 Å². The molecule has 5 N–H and O–H groups in total. The number of alkyl halides is 5. The first-order valence-electron chi connectivity index (χ1n) is 12.6. The maximum absolute atomic E-state index is 14.3. The molecule has 2 amide bonds.